The fourth-order valence-corrected chi connectivity index (χ4v) is 1.97. The Balaban J connectivity index is 2.96. The molecular formula is C11H17NO4S. The molecule has 0 saturated heterocycles. The van der Waals surface area contributed by atoms with Crippen LogP contribution < -0.4 is 4.74 Å². The Morgan fingerprint density at radius 2 is 2.12 bits per heavy atom. The van der Waals surface area contributed by atoms with Crippen LogP contribution in [0.25, 0.3) is 0 Å². The quantitative estimate of drug-likeness (QED) is 0.851. The molecule has 2 unspecified atom stereocenters. The molecule has 2 atom stereocenters. The van der Waals surface area contributed by atoms with E-state index in [9.17, 15) is 13.5 Å². The Labute approximate surface area is 101 Å². The third-order valence-corrected chi connectivity index (χ3v) is 4.12. The van der Waals surface area contributed by atoms with E-state index in [2.05, 4.69) is 4.98 Å². The average molecular weight is 259 g/mol. The van der Waals surface area contributed by atoms with Gasteiger partial charge >= 0.3 is 0 Å². The van der Waals surface area contributed by atoms with E-state index in [0.717, 1.165) is 6.26 Å². The molecule has 17 heavy (non-hydrogen) atoms. The van der Waals surface area contributed by atoms with Crippen LogP contribution in [0.15, 0.2) is 18.5 Å². The summed E-state index contributed by atoms with van der Waals surface area (Å²) in [4.78, 5) is 3.91. The summed E-state index contributed by atoms with van der Waals surface area (Å²) in [5.74, 6) is 0.518. The van der Waals surface area contributed by atoms with Crippen LogP contribution >= 0.6 is 0 Å². The van der Waals surface area contributed by atoms with Crippen LogP contribution in [0.5, 0.6) is 5.75 Å². The van der Waals surface area contributed by atoms with Gasteiger partial charge in [0.25, 0.3) is 0 Å². The van der Waals surface area contributed by atoms with E-state index in [0.29, 0.717) is 17.9 Å². The van der Waals surface area contributed by atoms with Gasteiger partial charge in [0, 0.05) is 18.0 Å². The van der Waals surface area contributed by atoms with Gasteiger partial charge in [0.1, 0.15) is 5.75 Å². The van der Waals surface area contributed by atoms with Crippen molar-refractivity contribution in [2.24, 2.45) is 0 Å². The molecule has 1 rings (SSSR count). The van der Waals surface area contributed by atoms with Crippen LogP contribution in [0.4, 0.5) is 0 Å². The maximum absolute atomic E-state index is 11.3. The molecule has 0 saturated carbocycles. The zero-order chi connectivity index (χ0) is 13.1. The third-order valence-electron chi connectivity index (χ3n) is 2.51. The van der Waals surface area contributed by atoms with Crippen molar-refractivity contribution in [3.63, 3.8) is 0 Å². The van der Waals surface area contributed by atoms with Gasteiger partial charge in [-0.25, -0.2) is 8.42 Å². The normalized spacial score (nSPS) is 15.3. The second kappa shape index (κ2) is 5.46. The molecule has 96 valence electrons. The Morgan fingerprint density at radius 1 is 1.47 bits per heavy atom. The van der Waals surface area contributed by atoms with Gasteiger partial charge in [0.2, 0.25) is 0 Å². The van der Waals surface area contributed by atoms with E-state index in [-0.39, 0.29) is 0 Å². The lowest BCUT2D eigenvalue weighted by molar-refractivity contribution is 0.175. The number of nitrogens with zero attached hydrogens (tertiary/aromatic N) is 1. The summed E-state index contributed by atoms with van der Waals surface area (Å²) >= 11 is 0. The number of aliphatic hydroxyl groups is 1. The molecule has 1 N–H and O–H groups in total. The number of aliphatic hydroxyl groups excluding tert-OH is 1. The lowest BCUT2D eigenvalue weighted by atomic mass is 10.1. The van der Waals surface area contributed by atoms with Gasteiger partial charge in [-0.3, -0.25) is 4.98 Å². The van der Waals surface area contributed by atoms with E-state index in [4.69, 9.17) is 4.74 Å². The summed E-state index contributed by atoms with van der Waals surface area (Å²) in [5.41, 5.74) is 0.439. The van der Waals surface area contributed by atoms with Gasteiger partial charge in [-0.2, -0.15) is 0 Å². The lowest BCUT2D eigenvalue weighted by Crippen LogP contribution is -2.24. The maximum Gasteiger partial charge on any atom is 0.152 e. The zero-order valence-electron chi connectivity index (χ0n) is 10.1. The number of pyridine rings is 1. The van der Waals surface area contributed by atoms with Crippen molar-refractivity contribution in [3.8, 4) is 5.75 Å². The van der Waals surface area contributed by atoms with E-state index < -0.39 is 21.2 Å². The van der Waals surface area contributed by atoms with E-state index >= 15 is 0 Å². The fraction of sp³-hybridized carbons (Fsp3) is 0.545. The number of sulfone groups is 1. The van der Waals surface area contributed by atoms with Crippen LogP contribution in [-0.2, 0) is 9.84 Å². The van der Waals surface area contributed by atoms with Gasteiger partial charge in [0.05, 0.1) is 24.2 Å². The Bertz CT molecular complexity index is 472. The van der Waals surface area contributed by atoms with Crippen LogP contribution in [0.2, 0.25) is 0 Å². The Morgan fingerprint density at radius 3 is 2.65 bits per heavy atom. The highest BCUT2D eigenvalue weighted by Crippen LogP contribution is 2.23. The molecule has 0 amide bonds. The molecule has 0 aliphatic carbocycles. The second-order valence-electron chi connectivity index (χ2n) is 3.87. The highest BCUT2D eigenvalue weighted by Gasteiger charge is 2.25. The summed E-state index contributed by atoms with van der Waals surface area (Å²) in [7, 11) is -3.29. The molecular weight excluding hydrogens is 242 g/mol. The van der Waals surface area contributed by atoms with Gasteiger partial charge < -0.3 is 9.84 Å². The SMILES string of the molecule is CCOc1cncc(C(O)C(C)S(C)(=O)=O)c1. The minimum absolute atomic E-state index is 0.439. The molecule has 0 aromatic carbocycles. The Kier molecular flexibility index (Phi) is 4.47. The van der Waals surface area contributed by atoms with Crippen LogP contribution in [0.1, 0.15) is 25.5 Å². The molecule has 0 aliphatic heterocycles. The van der Waals surface area contributed by atoms with E-state index in [1.54, 1.807) is 6.07 Å². The van der Waals surface area contributed by atoms with Crippen molar-refractivity contribution >= 4 is 9.84 Å². The molecule has 1 aromatic rings. The minimum Gasteiger partial charge on any atom is -0.492 e. The van der Waals surface area contributed by atoms with Crippen molar-refractivity contribution in [2.75, 3.05) is 12.9 Å². The molecule has 0 aliphatic rings. The first kappa shape index (κ1) is 13.9. The van der Waals surface area contributed by atoms with Crippen molar-refractivity contribution in [3.05, 3.63) is 24.0 Å². The fourth-order valence-electron chi connectivity index (χ4n) is 1.35. The van der Waals surface area contributed by atoms with Crippen LogP contribution in [0.3, 0.4) is 0 Å². The topological polar surface area (TPSA) is 76.5 Å². The minimum atomic E-state index is -3.29. The highest BCUT2D eigenvalue weighted by atomic mass is 32.2. The monoisotopic (exact) mass is 259 g/mol. The summed E-state index contributed by atoms with van der Waals surface area (Å²) in [6, 6.07) is 1.60. The van der Waals surface area contributed by atoms with Gasteiger partial charge in [-0.05, 0) is 19.9 Å². The van der Waals surface area contributed by atoms with E-state index in [1.807, 2.05) is 6.92 Å². The highest BCUT2D eigenvalue weighted by molar-refractivity contribution is 7.91. The molecule has 6 heteroatoms. The molecule has 0 bridgehead atoms. The smallest absolute Gasteiger partial charge is 0.152 e. The molecule has 0 radical (unpaired) electrons. The average Bonchev–Trinajstić information content (AvgIpc) is 2.27. The van der Waals surface area contributed by atoms with Gasteiger partial charge in [0.15, 0.2) is 9.84 Å². The molecule has 0 fully saturated rings. The maximum atomic E-state index is 11.3. The molecule has 1 aromatic heterocycles. The number of aromatic nitrogens is 1. The number of ether oxygens (including phenoxy) is 1. The van der Waals surface area contributed by atoms with Crippen molar-refractivity contribution in [1.82, 2.24) is 4.98 Å². The number of hydrogen-bond donors (Lipinski definition) is 1. The van der Waals surface area contributed by atoms with Crippen LogP contribution in [-0.4, -0.2) is 36.6 Å². The summed E-state index contributed by atoms with van der Waals surface area (Å²) in [6.07, 6.45) is 2.96. The second-order valence-corrected chi connectivity index (χ2v) is 6.27. The first-order chi connectivity index (χ1) is 7.86. The van der Waals surface area contributed by atoms with Crippen LogP contribution in [0, 0.1) is 0 Å². The summed E-state index contributed by atoms with van der Waals surface area (Å²) in [6.45, 7) is 3.79. The lowest BCUT2D eigenvalue weighted by Gasteiger charge is -2.17. The van der Waals surface area contributed by atoms with Gasteiger partial charge in [-0.15, -0.1) is 0 Å². The van der Waals surface area contributed by atoms with Gasteiger partial charge in [-0.1, -0.05) is 0 Å². The molecule has 5 nitrogen and oxygen atoms in total. The largest absolute Gasteiger partial charge is 0.492 e. The summed E-state index contributed by atoms with van der Waals surface area (Å²) in [5, 5.41) is 9.07. The van der Waals surface area contributed by atoms with Crippen molar-refractivity contribution < 1.29 is 18.3 Å². The predicted octanol–water partition coefficient (Wildman–Crippen LogP) is 0.947. The zero-order valence-corrected chi connectivity index (χ0v) is 10.9. The third kappa shape index (κ3) is 3.67. The van der Waals surface area contributed by atoms with Crippen molar-refractivity contribution in [1.29, 1.82) is 0 Å². The Hall–Kier alpha value is -1.14. The number of hydrogen-bond acceptors (Lipinski definition) is 5. The van der Waals surface area contributed by atoms with Crippen molar-refractivity contribution in [2.45, 2.75) is 25.2 Å². The predicted molar refractivity (Wildman–Crippen MR) is 64.7 cm³/mol. The number of rotatable bonds is 5. The first-order valence-corrected chi connectivity index (χ1v) is 7.26. The first-order valence-electron chi connectivity index (χ1n) is 5.31. The standard InChI is InChI=1S/C11H17NO4S/c1-4-16-10-5-9(6-12-7-10)11(13)8(2)17(3,14)15/h5-8,11,13H,4H2,1-3H3. The molecule has 1 heterocycles. The molecule has 0 spiro atoms. The summed E-state index contributed by atoms with van der Waals surface area (Å²) < 4.78 is 27.9. The van der Waals surface area contributed by atoms with E-state index in [1.165, 1.54) is 19.3 Å².